The summed E-state index contributed by atoms with van der Waals surface area (Å²) >= 11 is 6.07. The molecule has 1 amide bonds. The molecule has 5 heteroatoms. The average molecular weight is 312 g/mol. The number of carbonyl (C=O) groups excluding carboxylic acids is 1. The van der Waals surface area contributed by atoms with E-state index in [1.807, 2.05) is 19.1 Å². The maximum absolute atomic E-state index is 12.2. The van der Waals surface area contributed by atoms with Crippen LogP contribution in [0.15, 0.2) is 18.2 Å². The molecule has 2 unspecified atom stereocenters. The molecule has 2 atom stereocenters. The molecule has 116 valence electrons. The predicted octanol–water partition coefficient (Wildman–Crippen LogP) is 2.69. The number of ether oxygens (including phenoxy) is 1. The van der Waals surface area contributed by atoms with Gasteiger partial charge in [-0.05, 0) is 56.7 Å². The van der Waals surface area contributed by atoms with Gasteiger partial charge in [0.2, 0.25) is 0 Å². The van der Waals surface area contributed by atoms with E-state index in [0.717, 1.165) is 18.4 Å². The molecule has 0 heterocycles. The van der Waals surface area contributed by atoms with Gasteiger partial charge in [0, 0.05) is 12.6 Å². The number of benzene rings is 1. The molecule has 0 aliphatic heterocycles. The second kappa shape index (κ2) is 7.14. The Hall–Kier alpha value is -1.26. The summed E-state index contributed by atoms with van der Waals surface area (Å²) < 4.78 is 5.66. The number of hydrogen-bond acceptors (Lipinski definition) is 3. The Morgan fingerprint density at radius 1 is 1.52 bits per heavy atom. The van der Waals surface area contributed by atoms with E-state index in [2.05, 4.69) is 5.32 Å². The molecule has 1 saturated carbocycles. The molecule has 4 nitrogen and oxygen atoms in total. The highest BCUT2D eigenvalue weighted by Gasteiger charge is 2.32. The minimum Gasteiger partial charge on any atom is -0.479 e. The molecular formula is C16H22ClNO3. The van der Waals surface area contributed by atoms with Gasteiger partial charge in [-0.1, -0.05) is 17.7 Å². The monoisotopic (exact) mass is 311 g/mol. The third-order valence-electron chi connectivity index (χ3n) is 3.72. The van der Waals surface area contributed by atoms with E-state index in [1.165, 1.54) is 0 Å². The van der Waals surface area contributed by atoms with Gasteiger partial charge in [0.15, 0.2) is 6.10 Å². The zero-order valence-corrected chi connectivity index (χ0v) is 13.2. The van der Waals surface area contributed by atoms with Crippen molar-refractivity contribution >= 4 is 17.5 Å². The lowest BCUT2D eigenvalue weighted by atomic mass is 10.1. The van der Waals surface area contributed by atoms with Crippen LogP contribution in [0.3, 0.4) is 0 Å². The highest BCUT2D eigenvalue weighted by molar-refractivity contribution is 6.32. The summed E-state index contributed by atoms with van der Waals surface area (Å²) in [7, 11) is 0. The number of aliphatic hydroxyl groups is 1. The molecule has 1 fully saturated rings. The van der Waals surface area contributed by atoms with Crippen LogP contribution in [0.5, 0.6) is 5.75 Å². The van der Waals surface area contributed by atoms with E-state index in [9.17, 15) is 4.79 Å². The summed E-state index contributed by atoms with van der Waals surface area (Å²) in [6, 6.07) is 5.51. The highest BCUT2D eigenvalue weighted by atomic mass is 35.5. The molecule has 0 aromatic heterocycles. The number of aliphatic hydroxyl groups excluding tert-OH is 1. The molecular weight excluding hydrogens is 290 g/mol. The number of amides is 1. The summed E-state index contributed by atoms with van der Waals surface area (Å²) in [6.07, 6.45) is 2.20. The summed E-state index contributed by atoms with van der Waals surface area (Å²) in [6.45, 7) is 3.73. The van der Waals surface area contributed by atoms with Gasteiger partial charge < -0.3 is 15.2 Å². The summed E-state index contributed by atoms with van der Waals surface area (Å²) in [5, 5.41) is 12.5. The number of rotatable bonds is 7. The van der Waals surface area contributed by atoms with Crippen molar-refractivity contribution in [1.82, 2.24) is 5.32 Å². The van der Waals surface area contributed by atoms with E-state index in [4.69, 9.17) is 21.4 Å². The SMILES string of the molecule is Cc1ccc(Cl)c(OC(C)C(=O)NC(CCO)C2CC2)c1. The van der Waals surface area contributed by atoms with E-state index in [-0.39, 0.29) is 18.6 Å². The number of aryl methyl sites for hydroxylation is 1. The van der Waals surface area contributed by atoms with Gasteiger partial charge in [0.05, 0.1) is 5.02 Å². The third-order valence-corrected chi connectivity index (χ3v) is 4.03. The van der Waals surface area contributed by atoms with E-state index < -0.39 is 6.10 Å². The first-order valence-corrected chi connectivity index (χ1v) is 7.73. The highest BCUT2D eigenvalue weighted by Crippen LogP contribution is 2.34. The molecule has 1 aliphatic rings. The Balaban J connectivity index is 1.93. The summed E-state index contributed by atoms with van der Waals surface area (Å²) in [5.41, 5.74) is 1.03. The zero-order chi connectivity index (χ0) is 15.4. The molecule has 1 aromatic carbocycles. The molecule has 1 aromatic rings. The normalized spacial score (nSPS) is 17.1. The standard InChI is InChI=1S/C16H22ClNO3/c1-10-3-6-13(17)15(9-10)21-11(2)16(20)18-14(7-8-19)12-4-5-12/h3,6,9,11-12,14,19H,4-5,7-8H2,1-2H3,(H,18,20). The molecule has 1 aliphatic carbocycles. The topological polar surface area (TPSA) is 58.6 Å². The van der Waals surface area contributed by atoms with Gasteiger partial charge in [-0.25, -0.2) is 0 Å². The summed E-state index contributed by atoms with van der Waals surface area (Å²) in [5.74, 6) is 0.846. The Morgan fingerprint density at radius 2 is 2.24 bits per heavy atom. The van der Waals surface area contributed by atoms with Crippen LogP contribution >= 0.6 is 11.6 Å². The second-order valence-electron chi connectivity index (χ2n) is 5.66. The van der Waals surface area contributed by atoms with Crippen molar-refractivity contribution in [2.75, 3.05) is 6.61 Å². The van der Waals surface area contributed by atoms with Crippen LogP contribution in [-0.4, -0.2) is 29.8 Å². The van der Waals surface area contributed by atoms with Gasteiger partial charge in [0.1, 0.15) is 5.75 Å². The fourth-order valence-electron chi connectivity index (χ4n) is 2.31. The van der Waals surface area contributed by atoms with Crippen molar-refractivity contribution in [2.45, 2.75) is 45.3 Å². The van der Waals surface area contributed by atoms with E-state index >= 15 is 0 Å². The maximum Gasteiger partial charge on any atom is 0.261 e. The largest absolute Gasteiger partial charge is 0.479 e. The minimum absolute atomic E-state index is 0.0431. The lowest BCUT2D eigenvalue weighted by molar-refractivity contribution is -0.128. The van der Waals surface area contributed by atoms with Crippen molar-refractivity contribution in [1.29, 1.82) is 0 Å². The van der Waals surface area contributed by atoms with Crippen LogP contribution in [0.2, 0.25) is 5.02 Å². The number of carbonyl (C=O) groups is 1. The van der Waals surface area contributed by atoms with Crippen LogP contribution in [0, 0.1) is 12.8 Å². The van der Waals surface area contributed by atoms with Gasteiger partial charge in [-0.2, -0.15) is 0 Å². The number of nitrogens with one attached hydrogen (secondary N) is 1. The molecule has 2 N–H and O–H groups in total. The fourth-order valence-corrected chi connectivity index (χ4v) is 2.47. The first-order valence-electron chi connectivity index (χ1n) is 7.35. The van der Waals surface area contributed by atoms with Crippen molar-refractivity contribution in [2.24, 2.45) is 5.92 Å². The molecule has 0 saturated heterocycles. The molecule has 21 heavy (non-hydrogen) atoms. The van der Waals surface area contributed by atoms with Gasteiger partial charge in [-0.3, -0.25) is 4.79 Å². The van der Waals surface area contributed by atoms with Crippen LogP contribution in [0.25, 0.3) is 0 Å². The second-order valence-corrected chi connectivity index (χ2v) is 6.07. The Kier molecular flexibility index (Phi) is 5.48. The molecule has 0 radical (unpaired) electrons. The van der Waals surface area contributed by atoms with Gasteiger partial charge in [0.25, 0.3) is 5.91 Å². The van der Waals surface area contributed by atoms with Crippen molar-refractivity contribution in [3.8, 4) is 5.75 Å². The smallest absolute Gasteiger partial charge is 0.261 e. The zero-order valence-electron chi connectivity index (χ0n) is 12.4. The van der Waals surface area contributed by atoms with Crippen molar-refractivity contribution in [3.63, 3.8) is 0 Å². The maximum atomic E-state index is 12.2. The Bertz CT molecular complexity index is 502. The van der Waals surface area contributed by atoms with Crippen molar-refractivity contribution in [3.05, 3.63) is 28.8 Å². The Labute approximate surface area is 130 Å². The van der Waals surface area contributed by atoms with E-state index in [1.54, 1.807) is 13.0 Å². The predicted molar refractivity (Wildman–Crippen MR) is 82.6 cm³/mol. The summed E-state index contributed by atoms with van der Waals surface area (Å²) in [4.78, 5) is 12.2. The van der Waals surface area contributed by atoms with Crippen LogP contribution in [0.4, 0.5) is 0 Å². The van der Waals surface area contributed by atoms with Gasteiger partial charge >= 0.3 is 0 Å². The first-order chi connectivity index (χ1) is 10.0. The minimum atomic E-state index is -0.621. The number of hydrogen-bond donors (Lipinski definition) is 2. The van der Waals surface area contributed by atoms with Gasteiger partial charge in [-0.15, -0.1) is 0 Å². The molecule has 0 spiro atoms. The Morgan fingerprint density at radius 3 is 2.86 bits per heavy atom. The lowest BCUT2D eigenvalue weighted by Gasteiger charge is -2.21. The van der Waals surface area contributed by atoms with Crippen LogP contribution < -0.4 is 10.1 Å². The van der Waals surface area contributed by atoms with Crippen molar-refractivity contribution < 1.29 is 14.6 Å². The third kappa shape index (κ3) is 4.61. The number of halogens is 1. The average Bonchev–Trinajstić information content (AvgIpc) is 3.26. The first kappa shape index (κ1) is 16.1. The molecule has 0 bridgehead atoms. The van der Waals surface area contributed by atoms with Crippen LogP contribution in [0.1, 0.15) is 31.7 Å². The molecule has 2 rings (SSSR count). The fraction of sp³-hybridized carbons (Fsp3) is 0.562. The van der Waals surface area contributed by atoms with E-state index in [0.29, 0.717) is 23.1 Å². The van der Waals surface area contributed by atoms with Crippen LogP contribution in [-0.2, 0) is 4.79 Å². The quantitative estimate of drug-likeness (QED) is 0.814. The lowest BCUT2D eigenvalue weighted by Crippen LogP contribution is -2.44.